The third-order valence-electron chi connectivity index (χ3n) is 4.71. The van der Waals surface area contributed by atoms with Crippen molar-refractivity contribution in [1.82, 2.24) is 0 Å². The van der Waals surface area contributed by atoms with Gasteiger partial charge in [0.15, 0.2) is 0 Å². The molecule has 1 aromatic rings. The van der Waals surface area contributed by atoms with E-state index in [1.165, 1.54) is 36.9 Å². The van der Waals surface area contributed by atoms with Gasteiger partial charge in [0, 0.05) is 11.2 Å². The van der Waals surface area contributed by atoms with E-state index in [1.807, 2.05) is 0 Å². The van der Waals surface area contributed by atoms with Crippen LogP contribution in [0.3, 0.4) is 0 Å². The van der Waals surface area contributed by atoms with Crippen molar-refractivity contribution in [2.24, 2.45) is 5.41 Å². The second-order valence-electron chi connectivity index (χ2n) is 6.29. The van der Waals surface area contributed by atoms with Crippen LogP contribution in [0.4, 0.5) is 5.69 Å². The van der Waals surface area contributed by atoms with Crippen LogP contribution in [-0.4, -0.2) is 5.54 Å². The molecule has 1 aromatic carbocycles. The Balaban J connectivity index is 2.01. The van der Waals surface area contributed by atoms with Crippen LogP contribution >= 0.6 is 0 Å². The monoisotopic (exact) mass is 227 g/mol. The average Bonchev–Trinajstić information content (AvgIpc) is 2.32. The zero-order valence-corrected chi connectivity index (χ0v) is 11.1. The van der Waals surface area contributed by atoms with Gasteiger partial charge in [-0.05, 0) is 56.6 Å². The highest BCUT2D eigenvalue weighted by molar-refractivity contribution is 5.58. The number of fused-ring (bicyclic) bond motifs is 3. The van der Waals surface area contributed by atoms with Gasteiger partial charge in [0.05, 0.1) is 6.54 Å². The maximum atomic E-state index is 3.76. The molecule has 2 aliphatic heterocycles. The van der Waals surface area contributed by atoms with Crippen molar-refractivity contribution in [3.05, 3.63) is 36.4 Å². The van der Waals surface area contributed by atoms with Gasteiger partial charge in [0.2, 0.25) is 0 Å². The molecule has 0 amide bonds. The van der Waals surface area contributed by atoms with Gasteiger partial charge in [-0.2, -0.15) is 0 Å². The smallest absolute Gasteiger partial charge is 0.0982 e. The third-order valence-corrected chi connectivity index (χ3v) is 4.71. The highest BCUT2D eigenvalue weighted by Gasteiger charge is 2.49. The fraction of sp³-hybridized carbons (Fsp3) is 0.562. The summed E-state index contributed by atoms with van der Waals surface area (Å²) in [7, 11) is 0. The van der Waals surface area contributed by atoms with Crippen molar-refractivity contribution in [2.45, 2.75) is 52.0 Å². The lowest BCUT2D eigenvalue weighted by Crippen LogP contribution is -2.57. The minimum atomic E-state index is 0.296. The van der Waals surface area contributed by atoms with Crippen LogP contribution in [0, 0.1) is 18.9 Å². The molecule has 0 spiro atoms. The lowest BCUT2D eigenvalue weighted by atomic mass is 9.63. The van der Waals surface area contributed by atoms with Gasteiger partial charge in [-0.15, -0.1) is 0 Å². The van der Waals surface area contributed by atoms with Crippen LogP contribution in [0.25, 0.3) is 0 Å². The van der Waals surface area contributed by atoms with Crippen molar-refractivity contribution in [3.63, 3.8) is 0 Å². The van der Waals surface area contributed by atoms with E-state index in [-0.39, 0.29) is 0 Å². The number of nitrogens with zero attached hydrogens (tertiary/aromatic N) is 1. The summed E-state index contributed by atoms with van der Waals surface area (Å²) in [6.45, 7) is 10.7. The fourth-order valence-corrected chi connectivity index (χ4v) is 3.25. The largest absolute Gasteiger partial charge is 0.355 e. The Kier molecular flexibility index (Phi) is 2.30. The second kappa shape index (κ2) is 3.51. The Morgan fingerprint density at radius 2 is 1.71 bits per heavy atom. The third kappa shape index (κ3) is 1.67. The molecular formula is C16H21N. The number of rotatable bonds is 1. The highest BCUT2D eigenvalue weighted by atomic mass is 15.2. The van der Waals surface area contributed by atoms with Crippen molar-refractivity contribution >= 4 is 5.69 Å². The van der Waals surface area contributed by atoms with E-state index >= 15 is 0 Å². The summed E-state index contributed by atoms with van der Waals surface area (Å²) in [5, 5.41) is 0. The first-order chi connectivity index (χ1) is 8.03. The number of para-hydroxylation sites is 1. The fourth-order valence-electron chi connectivity index (χ4n) is 3.25. The summed E-state index contributed by atoms with van der Waals surface area (Å²) >= 11 is 0. The van der Waals surface area contributed by atoms with Crippen LogP contribution in [-0.2, 0) is 0 Å². The van der Waals surface area contributed by atoms with E-state index in [2.05, 4.69) is 56.5 Å². The number of hydrogen-bond donors (Lipinski definition) is 0. The number of aryl methyl sites for hydroxylation is 1. The van der Waals surface area contributed by atoms with Gasteiger partial charge < -0.3 is 4.90 Å². The molecule has 1 heteroatoms. The summed E-state index contributed by atoms with van der Waals surface area (Å²) < 4.78 is 0. The molecule has 2 bridgehead atoms. The minimum Gasteiger partial charge on any atom is -0.355 e. The lowest BCUT2D eigenvalue weighted by molar-refractivity contribution is 0.126. The zero-order chi connectivity index (χ0) is 12.1. The van der Waals surface area contributed by atoms with Gasteiger partial charge in [-0.1, -0.05) is 25.1 Å². The SMILES string of the molecule is Cc1ccccc1N1[C]C2(C)CCC1(C)CC2. The molecule has 17 heavy (non-hydrogen) atoms. The number of benzene rings is 1. The molecule has 0 atom stereocenters. The molecule has 0 unspecified atom stereocenters. The average molecular weight is 227 g/mol. The summed E-state index contributed by atoms with van der Waals surface area (Å²) in [6.07, 6.45) is 5.19. The van der Waals surface area contributed by atoms with E-state index in [0.29, 0.717) is 11.0 Å². The normalized spacial score (nSPS) is 36.3. The molecule has 90 valence electrons. The van der Waals surface area contributed by atoms with Crippen molar-refractivity contribution in [1.29, 1.82) is 0 Å². The Labute approximate surface area is 105 Å². The molecule has 3 aliphatic rings. The topological polar surface area (TPSA) is 3.24 Å². The van der Waals surface area contributed by atoms with Gasteiger partial charge in [-0.3, -0.25) is 0 Å². The second-order valence-corrected chi connectivity index (χ2v) is 6.29. The summed E-state index contributed by atoms with van der Waals surface area (Å²) in [5.41, 5.74) is 3.31. The van der Waals surface area contributed by atoms with Gasteiger partial charge in [-0.25, -0.2) is 0 Å². The van der Waals surface area contributed by atoms with Crippen LogP contribution in [0.15, 0.2) is 24.3 Å². The maximum Gasteiger partial charge on any atom is 0.0982 e. The van der Waals surface area contributed by atoms with E-state index in [4.69, 9.17) is 0 Å². The van der Waals surface area contributed by atoms with Crippen LogP contribution in [0.1, 0.15) is 45.1 Å². The Morgan fingerprint density at radius 1 is 1.06 bits per heavy atom. The molecule has 0 aromatic heterocycles. The Morgan fingerprint density at radius 3 is 2.35 bits per heavy atom. The molecule has 2 radical (unpaired) electrons. The molecule has 4 rings (SSSR count). The first-order valence-corrected chi connectivity index (χ1v) is 6.66. The van der Waals surface area contributed by atoms with Gasteiger partial charge >= 0.3 is 0 Å². The lowest BCUT2D eigenvalue weighted by Gasteiger charge is -2.58. The van der Waals surface area contributed by atoms with Crippen molar-refractivity contribution in [3.8, 4) is 0 Å². The predicted molar refractivity (Wildman–Crippen MR) is 71.9 cm³/mol. The van der Waals surface area contributed by atoms with Crippen molar-refractivity contribution in [2.75, 3.05) is 4.90 Å². The minimum absolute atomic E-state index is 0.296. The molecule has 2 saturated heterocycles. The van der Waals surface area contributed by atoms with Crippen molar-refractivity contribution < 1.29 is 0 Å². The first kappa shape index (κ1) is 11.1. The first-order valence-electron chi connectivity index (χ1n) is 6.66. The predicted octanol–water partition coefficient (Wildman–Crippen LogP) is 4.19. The molecule has 1 nitrogen and oxygen atoms in total. The van der Waals surface area contributed by atoms with E-state index in [0.717, 1.165) is 0 Å². The quantitative estimate of drug-likeness (QED) is 0.695. The Hall–Kier alpha value is -0.980. The highest BCUT2D eigenvalue weighted by Crippen LogP contribution is 2.53. The standard InChI is InChI=1S/C16H21N/c1-13-6-4-5-7-14(13)17-12-15(2)8-10-16(17,3)11-9-15/h4-7H,8-11H2,1-3H3. The van der Waals surface area contributed by atoms with Gasteiger partial charge in [0.25, 0.3) is 0 Å². The Bertz CT molecular complexity index is 427. The van der Waals surface area contributed by atoms with Crippen LogP contribution in [0.2, 0.25) is 0 Å². The summed E-state index contributed by atoms with van der Waals surface area (Å²) in [6, 6.07) is 8.69. The van der Waals surface area contributed by atoms with E-state index in [9.17, 15) is 0 Å². The number of anilines is 1. The summed E-state index contributed by atoms with van der Waals surface area (Å²) in [5.74, 6) is 0. The molecule has 1 aliphatic carbocycles. The zero-order valence-electron chi connectivity index (χ0n) is 11.1. The van der Waals surface area contributed by atoms with Gasteiger partial charge in [0.1, 0.15) is 0 Å². The van der Waals surface area contributed by atoms with E-state index in [1.54, 1.807) is 0 Å². The molecule has 0 N–H and O–H groups in total. The number of piperidine rings is 2. The number of hydrogen-bond acceptors (Lipinski definition) is 1. The van der Waals surface area contributed by atoms with Crippen LogP contribution < -0.4 is 4.90 Å². The summed E-state index contributed by atoms with van der Waals surface area (Å²) in [4.78, 5) is 2.44. The molecule has 1 saturated carbocycles. The molecule has 3 fully saturated rings. The molecule has 2 heterocycles. The molecular weight excluding hydrogens is 206 g/mol. The van der Waals surface area contributed by atoms with Crippen LogP contribution in [0.5, 0.6) is 0 Å². The van der Waals surface area contributed by atoms with E-state index < -0.39 is 0 Å². The maximum absolute atomic E-state index is 3.76.